The number of benzene rings is 1. The zero-order chi connectivity index (χ0) is 17.6. The first-order valence-corrected chi connectivity index (χ1v) is 8.10. The minimum absolute atomic E-state index is 0.233. The van der Waals surface area contributed by atoms with Gasteiger partial charge in [-0.15, -0.1) is 5.10 Å². The van der Waals surface area contributed by atoms with Gasteiger partial charge in [-0.3, -0.25) is 0 Å². The lowest BCUT2D eigenvalue weighted by Crippen LogP contribution is -2.01. The zero-order valence-corrected chi connectivity index (χ0v) is 13.7. The smallest absolute Gasteiger partial charge is 0.161 e. The Balaban J connectivity index is 1.88. The van der Waals surface area contributed by atoms with E-state index in [0.29, 0.717) is 40.5 Å². The average molecular weight is 342 g/mol. The second kappa shape index (κ2) is 5.91. The topological polar surface area (TPSA) is 52.8 Å². The monoisotopic (exact) mass is 342 g/mol. The van der Waals surface area contributed by atoms with Crippen molar-refractivity contribution in [3.8, 4) is 11.4 Å². The average Bonchev–Trinajstić information content (AvgIpc) is 3.38. The first kappa shape index (κ1) is 15.7. The van der Waals surface area contributed by atoms with Crippen molar-refractivity contribution in [3.63, 3.8) is 0 Å². The molecule has 0 atom stereocenters. The Labute approximate surface area is 143 Å². The number of ether oxygens (including phenoxy) is 1. The van der Waals surface area contributed by atoms with Crippen LogP contribution in [0, 0.1) is 11.6 Å². The molecule has 1 aromatic carbocycles. The Kier molecular flexibility index (Phi) is 3.71. The summed E-state index contributed by atoms with van der Waals surface area (Å²) < 4.78 is 34.6. The van der Waals surface area contributed by atoms with Crippen LogP contribution >= 0.6 is 0 Å². The molecule has 1 aliphatic rings. The fourth-order valence-electron chi connectivity index (χ4n) is 2.87. The van der Waals surface area contributed by atoms with E-state index < -0.39 is 11.6 Å². The second-order valence-corrected chi connectivity index (χ2v) is 5.98. The van der Waals surface area contributed by atoms with Gasteiger partial charge in [0.15, 0.2) is 11.6 Å². The van der Waals surface area contributed by atoms with E-state index in [0.717, 1.165) is 18.9 Å². The quantitative estimate of drug-likeness (QED) is 0.655. The standard InChI is InChI=1S/C18H16F2N4O/c1-3-25-10(2)15-6-11(9-21-23-15)18-22-16-7-13(19)14(20)8-17(16)24(18)12-4-5-12/h6-9,12H,2-5H2,1H3. The van der Waals surface area contributed by atoms with Crippen LogP contribution in [0.3, 0.4) is 0 Å². The molecule has 0 amide bonds. The minimum atomic E-state index is -0.905. The van der Waals surface area contributed by atoms with Crippen LogP contribution in [-0.2, 0) is 4.74 Å². The van der Waals surface area contributed by atoms with Crippen LogP contribution in [0.2, 0.25) is 0 Å². The summed E-state index contributed by atoms with van der Waals surface area (Å²) in [5.74, 6) is -0.747. The molecule has 4 rings (SSSR count). The number of rotatable bonds is 5. The van der Waals surface area contributed by atoms with Gasteiger partial charge in [-0.2, -0.15) is 5.10 Å². The first-order valence-electron chi connectivity index (χ1n) is 8.10. The molecule has 0 bridgehead atoms. The van der Waals surface area contributed by atoms with Crippen molar-refractivity contribution in [1.29, 1.82) is 0 Å². The molecule has 128 valence electrons. The molecule has 2 heterocycles. The van der Waals surface area contributed by atoms with E-state index in [-0.39, 0.29) is 6.04 Å². The van der Waals surface area contributed by atoms with E-state index in [9.17, 15) is 8.78 Å². The van der Waals surface area contributed by atoms with Gasteiger partial charge in [-0.1, -0.05) is 6.58 Å². The van der Waals surface area contributed by atoms with Gasteiger partial charge in [0.25, 0.3) is 0 Å². The summed E-state index contributed by atoms with van der Waals surface area (Å²) in [5, 5.41) is 8.02. The summed E-state index contributed by atoms with van der Waals surface area (Å²) in [6.45, 7) is 6.17. The molecule has 1 aliphatic carbocycles. The Morgan fingerprint density at radius 3 is 2.76 bits per heavy atom. The normalized spacial score (nSPS) is 14.0. The predicted molar refractivity (Wildman–Crippen MR) is 89.6 cm³/mol. The molecule has 3 aromatic rings. The Morgan fingerprint density at radius 1 is 1.28 bits per heavy atom. The number of hydrogen-bond donors (Lipinski definition) is 0. The summed E-state index contributed by atoms with van der Waals surface area (Å²) >= 11 is 0. The van der Waals surface area contributed by atoms with Crippen molar-refractivity contribution >= 4 is 16.8 Å². The van der Waals surface area contributed by atoms with E-state index in [1.165, 1.54) is 6.07 Å². The van der Waals surface area contributed by atoms with Gasteiger partial charge in [-0.05, 0) is 25.8 Å². The lowest BCUT2D eigenvalue weighted by Gasteiger charge is -2.09. The maximum Gasteiger partial charge on any atom is 0.161 e. The Morgan fingerprint density at radius 2 is 2.04 bits per heavy atom. The maximum atomic E-state index is 13.7. The van der Waals surface area contributed by atoms with Crippen molar-refractivity contribution in [2.24, 2.45) is 0 Å². The molecule has 5 nitrogen and oxygen atoms in total. The van der Waals surface area contributed by atoms with Crippen LogP contribution in [0.25, 0.3) is 28.2 Å². The molecule has 1 fully saturated rings. The summed E-state index contributed by atoms with van der Waals surface area (Å²) in [6, 6.07) is 4.34. The summed E-state index contributed by atoms with van der Waals surface area (Å²) in [5.41, 5.74) is 2.21. The molecule has 0 N–H and O–H groups in total. The third kappa shape index (κ3) is 2.75. The molecule has 0 radical (unpaired) electrons. The third-order valence-electron chi connectivity index (χ3n) is 4.16. The van der Waals surface area contributed by atoms with E-state index in [1.807, 2.05) is 11.5 Å². The number of imidazole rings is 1. The van der Waals surface area contributed by atoms with Gasteiger partial charge >= 0.3 is 0 Å². The Bertz CT molecular complexity index is 979. The molecule has 7 heteroatoms. The molecule has 25 heavy (non-hydrogen) atoms. The van der Waals surface area contributed by atoms with Gasteiger partial charge in [0.1, 0.15) is 17.3 Å². The lowest BCUT2D eigenvalue weighted by molar-refractivity contribution is 0.297. The largest absolute Gasteiger partial charge is 0.492 e. The fraction of sp³-hybridized carbons (Fsp3) is 0.278. The van der Waals surface area contributed by atoms with Gasteiger partial charge in [0.2, 0.25) is 0 Å². The number of hydrogen-bond acceptors (Lipinski definition) is 4. The summed E-state index contributed by atoms with van der Waals surface area (Å²) in [7, 11) is 0. The van der Waals surface area contributed by atoms with E-state index in [1.54, 1.807) is 12.3 Å². The van der Waals surface area contributed by atoms with E-state index in [2.05, 4.69) is 21.8 Å². The highest BCUT2D eigenvalue weighted by Crippen LogP contribution is 2.41. The molecule has 0 aliphatic heterocycles. The summed E-state index contributed by atoms with van der Waals surface area (Å²) in [6.07, 6.45) is 3.54. The molecule has 0 saturated heterocycles. The first-order chi connectivity index (χ1) is 12.1. The van der Waals surface area contributed by atoms with Gasteiger partial charge in [0, 0.05) is 23.7 Å². The third-order valence-corrected chi connectivity index (χ3v) is 4.16. The van der Waals surface area contributed by atoms with Crippen molar-refractivity contribution < 1.29 is 13.5 Å². The number of fused-ring (bicyclic) bond motifs is 1. The van der Waals surface area contributed by atoms with Crippen molar-refractivity contribution in [1.82, 2.24) is 19.7 Å². The molecular weight excluding hydrogens is 326 g/mol. The molecule has 1 saturated carbocycles. The highest BCUT2D eigenvalue weighted by molar-refractivity contribution is 5.81. The van der Waals surface area contributed by atoms with Crippen LogP contribution in [0.1, 0.15) is 31.5 Å². The van der Waals surface area contributed by atoms with Crippen LogP contribution in [-0.4, -0.2) is 26.4 Å². The highest BCUT2D eigenvalue weighted by Gasteiger charge is 2.29. The maximum absolute atomic E-state index is 13.7. The molecular formula is C18H16F2N4O. The van der Waals surface area contributed by atoms with Crippen LogP contribution in [0.5, 0.6) is 0 Å². The summed E-state index contributed by atoms with van der Waals surface area (Å²) in [4.78, 5) is 4.51. The fourth-order valence-corrected chi connectivity index (χ4v) is 2.87. The van der Waals surface area contributed by atoms with Crippen molar-refractivity contribution in [2.75, 3.05) is 6.61 Å². The van der Waals surface area contributed by atoms with Gasteiger partial charge in [0.05, 0.1) is 23.8 Å². The highest BCUT2D eigenvalue weighted by atomic mass is 19.2. The molecule has 2 aromatic heterocycles. The van der Waals surface area contributed by atoms with Crippen molar-refractivity contribution in [2.45, 2.75) is 25.8 Å². The minimum Gasteiger partial charge on any atom is -0.492 e. The van der Waals surface area contributed by atoms with Gasteiger partial charge < -0.3 is 9.30 Å². The second-order valence-electron chi connectivity index (χ2n) is 5.98. The predicted octanol–water partition coefficient (Wildman–Crippen LogP) is 4.11. The van der Waals surface area contributed by atoms with Crippen molar-refractivity contribution in [3.05, 3.63) is 48.3 Å². The molecule has 0 unspecified atom stereocenters. The van der Waals surface area contributed by atoms with Crippen LogP contribution in [0.4, 0.5) is 8.78 Å². The number of halogens is 2. The Hall–Kier alpha value is -2.83. The van der Waals surface area contributed by atoms with E-state index in [4.69, 9.17) is 4.74 Å². The molecule has 0 spiro atoms. The SMILES string of the molecule is C=C(OCC)c1cc(-c2nc3cc(F)c(F)cc3n2C2CC2)cnn1. The van der Waals surface area contributed by atoms with Gasteiger partial charge in [-0.25, -0.2) is 13.8 Å². The zero-order valence-electron chi connectivity index (χ0n) is 13.7. The number of aromatic nitrogens is 4. The lowest BCUT2D eigenvalue weighted by atomic mass is 10.2. The van der Waals surface area contributed by atoms with E-state index >= 15 is 0 Å². The number of nitrogens with zero attached hydrogens (tertiary/aromatic N) is 4. The van der Waals surface area contributed by atoms with Crippen LogP contribution < -0.4 is 0 Å². The van der Waals surface area contributed by atoms with Crippen LogP contribution in [0.15, 0.2) is 31.0 Å².